The predicted octanol–water partition coefficient (Wildman–Crippen LogP) is 4.63. The molecule has 1 aliphatic heterocycles. The van der Waals surface area contributed by atoms with E-state index in [1.54, 1.807) is 30.6 Å². The quantitative estimate of drug-likeness (QED) is 0.397. The Balaban J connectivity index is 1.98. The molecule has 150 valence electrons. The summed E-state index contributed by atoms with van der Waals surface area (Å²) in [7, 11) is 0. The maximum absolute atomic E-state index is 13.1. The summed E-state index contributed by atoms with van der Waals surface area (Å²) in [5.41, 5.74) is 4.70. The minimum atomic E-state index is -0.741. The smallest absolute Gasteiger partial charge is 0.300 e. The van der Waals surface area contributed by atoms with Crippen molar-refractivity contribution in [2.75, 3.05) is 4.90 Å². The zero-order valence-electron chi connectivity index (χ0n) is 17.1. The Hall–Kier alpha value is -3.73. The molecule has 3 aromatic rings. The zero-order chi connectivity index (χ0) is 21.4. The number of Topliss-reactive ketones (excluding diaryl/α,β-unsaturated/α-hetero) is 1. The maximum Gasteiger partial charge on any atom is 0.300 e. The average Bonchev–Trinajstić information content (AvgIpc) is 3.01. The van der Waals surface area contributed by atoms with Crippen molar-refractivity contribution in [3.05, 3.63) is 100 Å². The van der Waals surface area contributed by atoms with E-state index in [1.807, 2.05) is 57.2 Å². The fourth-order valence-electron chi connectivity index (χ4n) is 3.87. The molecule has 5 heteroatoms. The summed E-state index contributed by atoms with van der Waals surface area (Å²) in [6.07, 6.45) is 3.23. The number of aromatic nitrogens is 1. The van der Waals surface area contributed by atoms with Crippen molar-refractivity contribution in [2.24, 2.45) is 0 Å². The van der Waals surface area contributed by atoms with Crippen LogP contribution in [0.4, 0.5) is 5.69 Å². The molecule has 1 aliphatic rings. The molecular weight excluding hydrogens is 376 g/mol. The minimum Gasteiger partial charge on any atom is -0.507 e. The first-order valence-corrected chi connectivity index (χ1v) is 9.73. The van der Waals surface area contributed by atoms with Crippen molar-refractivity contribution in [1.29, 1.82) is 0 Å². The molecule has 2 aromatic carbocycles. The number of nitrogens with zero attached hydrogens (tertiary/aromatic N) is 2. The van der Waals surface area contributed by atoms with Gasteiger partial charge in [0.1, 0.15) is 5.76 Å². The van der Waals surface area contributed by atoms with Crippen LogP contribution in [0.1, 0.15) is 33.9 Å². The molecule has 1 atom stereocenters. The van der Waals surface area contributed by atoms with Crippen molar-refractivity contribution >= 4 is 23.1 Å². The van der Waals surface area contributed by atoms with E-state index in [4.69, 9.17) is 0 Å². The summed E-state index contributed by atoms with van der Waals surface area (Å²) in [5, 5.41) is 11.2. The molecule has 1 N–H and O–H groups in total. The Labute approximate surface area is 175 Å². The lowest BCUT2D eigenvalue weighted by atomic mass is 9.93. The van der Waals surface area contributed by atoms with Gasteiger partial charge in [-0.25, -0.2) is 0 Å². The highest BCUT2D eigenvalue weighted by Crippen LogP contribution is 2.42. The van der Waals surface area contributed by atoms with Gasteiger partial charge in [-0.05, 0) is 67.8 Å². The van der Waals surface area contributed by atoms with Gasteiger partial charge in [0.15, 0.2) is 0 Å². The van der Waals surface area contributed by atoms with Crippen LogP contribution >= 0.6 is 0 Å². The molecular formula is C25H22N2O3. The van der Waals surface area contributed by atoms with Crippen molar-refractivity contribution in [2.45, 2.75) is 26.8 Å². The standard InChI is InChI=1S/C25H22N2O3/c1-15-5-4-6-19(13-15)27-22(18-9-11-26-12-10-18)21(24(29)25(27)30)23(28)20-14-16(2)7-8-17(20)3/h4-14,22,28H,1-3H3/b23-21+. The second-order valence-electron chi connectivity index (χ2n) is 7.61. The number of benzene rings is 2. The molecule has 0 bridgehead atoms. The Morgan fingerprint density at radius 2 is 1.63 bits per heavy atom. The van der Waals surface area contributed by atoms with Crippen LogP contribution in [0.2, 0.25) is 0 Å². The van der Waals surface area contributed by atoms with E-state index in [-0.39, 0.29) is 11.3 Å². The molecule has 1 amide bonds. The van der Waals surface area contributed by atoms with Crippen LogP contribution in [-0.2, 0) is 9.59 Å². The Morgan fingerprint density at radius 1 is 0.933 bits per heavy atom. The van der Waals surface area contributed by atoms with Crippen molar-refractivity contribution in [3.8, 4) is 0 Å². The molecule has 0 radical (unpaired) electrons. The number of carbonyl (C=O) groups excluding carboxylic acids is 2. The largest absolute Gasteiger partial charge is 0.507 e. The first-order valence-electron chi connectivity index (χ1n) is 9.73. The third-order valence-corrected chi connectivity index (χ3v) is 5.39. The van der Waals surface area contributed by atoms with Crippen LogP contribution in [-0.4, -0.2) is 21.8 Å². The summed E-state index contributed by atoms with van der Waals surface area (Å²) >= 11 is 0. The summed E-state index contributed by atoms with van der Waals surface area (Å²) < 4.78 is 0. The Bertz CT molecular complexity index is 1180. The summed E-state index contributed by atoms with van der Waals surface area (Å²) in [4.78, 5) is 31.8. The normalized spacial score (nSPS) is 18.1. The zero-order valence-corrected chi connectivity index (χ0v) is 17.1. The average molecular weight is 398 g/mol. The van der Waals surface area contributed by atoms with Gasteiger partial charge < -0.3 is 5.11 Å². The van der Waals surface area contributed by atoms with Gasteiger partial charge in [0.25, 0.3) is 11.7 Å². The molecule has 4 rings (SSSR count). The van der Waals surface area contributed by atoms with Crippen molar-refractivity contribution in [1.82, 2.24) is 4.98 Å². The van der Waals surface area contributed by atoms with Gasteiger partial charge in [0.2, 0.25) is 0 Å². The van der Waals surface area contributed by atoms with Crippen LogP contribution in [0.25, 0.3) is 5.76 Å². The third-order valence-electron chi connectivity index (χ3n) is 5.39. The number of aryl methyl sites for hydroxylation is 3. The number of amides is 1. The number of carbonyl (C=O) groups is 2. The third kappa shape index (κ3) is 3.28. The fraction of sp³-hybridized carbons (Fsp3) is 0.160. The predicted molar refractivity (Wildman–Crippen MR) is 116 cm³/mol. The molecule has 1 saturated heterocycles. The lowest BCUT2D eigenvalue weighted by Crippen LogP contribution is -2.29. The van der Waals surface area contributed by atoms with E-state index in [9.17, 15) is 14.7 Å². The van der Waals surface area contributed by atoms with Gasteiger partial charge in [0, 0.05) is 23.6 Å². The minimum absolute atomic E-state index is 0.0846. The summed E-state index contributed by atoms with van der Waals surface area (Å²) in [5.74, 6) is -1.52. The molecule has 5 nitrogen and oxygen atoms in total. The van der Waals surface area contributed by atoms with E-state index in [0.29, 0.717) is 16.8 Å². The first-order chi connectivity index (χ1) is 14.4. The van der Waals surface area contributed by atoms with Gasteiger partial charge in [0.05, 0.1) is 11.6 Å². The van der Waals surface area contributed by atoms with Crippen LogP contribution in [0.3, 0.4) is 0 Å². The first kappa shape index (κ1) is 19.6. The SMILES string of the molecule is Cc1cccc(N2C(=O)C(=O)/C(=C(/O)c3cc(C)ccc3C)C2c2ccncc2)c1. The lowest BCUT2D eigenvalue weighted by molar-refractivity contribution is -0.132. The highest BCUT2D eigenvalue weighted by molar-refractivity contribution is 6.51. The molecule has 0 spiro atoms. The van der Waals surface area contributed by atoms with Crippen LogP contribution in [0.15, 0.2) is 72.6 Å². The molecule has 0 aliphatic carbocycles. The molecule has 30 heavy (non-hydrogen) atoms. The molecule has 1 unspecified atom stereocenters. The number of aliphatic hydroxyl groups excluding tert-OH is 1. The van der Waals surface area contributed by atoms with E-state index < -0.39 is 17.7 Å². The monoisotopic (exact) mass is 398 g/mol. The highest BCUT2D eigenvalue weighted by atomic mass is 16.3. The van der Waals surface area contributed by atoms with E-state index in [1.165, 1.54) is 4.90 Å². The van der Waals surface area contributed by atoms with Crippen molar-refractivity contribution in [3.63, 3.8) is 0 Å². The number of rotatable bonds is 3. The highest BCUT2D eigenvalue weighted by Gasteiger charge is 2.47. The number of hydrogen-bond acceptors (Lipinski definition) is 4. The van der Waals surface area contributed by atoms with E-state index in [0.717, 1.165) is 16.7 Å². The number of anilines is 1. The van der Waals surface area contributed by atoms with Gasteiger partial charge in [-0.3, -0.25) is 19.5 Å². The van der Waals surface area contributed by atoms with Crippen LogP contribution in [0, 0.1) is 20.8 Å². The van der Waals surface area contributed by atoms with Crippen molar-refractivity contribution < 1.29 is 14.7 Å². The van der Waals surface area contributed by atoms with Gasteiger partial charge in [-0.2, -0.15) is 0 Å². The number of pyridine rings is 1. The summed E-state index contributed by atoms with van der Waals surface area (Å²) in [6.45, 7) is 5.71. The molecule has 0 saturated carbocycles. The fourth-order valence-corrected chi connectivity index (χ4v) is 3.87. The molecule has 2 heterocycles. The van der Waals surface area contributed by atoms with Crippen LogP contribution < -0.4 is 4.90 Å². The summed E-state index contributed by atoms with van der Waals surface area (Å²) in [6, 6.07) is 15.9. The van der Waals surface area contributed by atoms with Crippen LogP contribution in [0.5, 0.6) is 0 Å². The number of aliphatic hydroxyl groups is 1. The van der Waals surface area contributed by atoms with E-state index >= 15 is 0 Å². The Kier molecular flexibility index (Phi) is 4.96. The molecule has 1 fully saturated rings. The number of ketones is 1. The maximum atomic E-state index is 13.1. The van der Waals surface area contributed by atoms with E-state index in [2.05, 4.69) is 4.98 Å². The van der Waals surface area contributed by atoms with Gasteiger partial charge in [-0.1, -0.05) is 29.8 Å². The second-order valence-corrected chi connectivity index (χ2v) is 7.61. The topological polar surface area (TPSA) is 70.5 Å². The second kappa shape index (κ2) is 7.59. The van der Waals surface area contributed by atoms with Gasteiger partial charge in [-0.15, -0.1) is 0 Å². The lowest BCUT2D eigenvalue weighted by Gasteiger charge is -2.25. The molecule has 1 aromatic heterocycles. The number of hydrogen-bond donors (Lipinski definition) is 1. The Morgan fingerprint density at radius 3 is 2.33 bits per heavy atom. The van der Waals surface area contributed by atoms with Gasteiger partial charge >= 0.3 is 0 Å².